The van der Waals surface area contributed by atoms with E-state index in [1.54, 1.807) is 12.1 Å². The van der Waals surface area contributed by atoms with Crippen molar-refractivity contribution in [3.63, 3.8) is 0 Å². The number of esters is 1. The second-order valence-electron chi connectivity index (χ2n) is 21.8. The van der Waals surface area contributed by atoms with Crippen molar-refractivity contribution in [2.24, 2.45) is 0 Å². The zero-order chi connectivity index (χ0) is 58.6. The molecule has 2 heterocycles. The first-order valence-corrected chi connectivity index (χ1v) is 28.9. The summed E-state index contributed by atoms with van der Waals surface area (Å²) in [5.41, 5.74) is 16.1. The number of carbonyl (C=O) groups is 4. The van der Waals surface area contributed by atoms with Crippen molar-refractivity contribution in [1.82, 2.24) is 19.8 Å². The summed E-state index contributed by atoms with van der Waals surface area (Å²) < 4.78 is 12.2. The summed E-state index contributed by atoms with van der Waals surface area (Å²) in [5.74, 6) is -1.46. The van der Waals surface area contributed by atoms with Gasteiger partial charge in [-0.1, -0.05) is 141 Å². The number of aromatic carboxylic acids is 1. The molecule has 0 bridgehead atoms. The van der Waals surface area contributed by atoms with Gasteiger partial charge in [-0.25, -0.2) is 9.59 Å². The Morgan fingerprint density at radius 3 is 1.28 bits per heavy atom. The molecule has 0 unspecified atom stereocenters. The molecule has 0 spiro atoms. The highest BCUT2D eigenvalue weighted by atomic mass is 79.9. The molecule has 0 aliphatic carbocycles. The molecule has 2 atom stereocenters. The average Bonchev–Trinajstić information content (AvgIpc) is 3.85. The van der Waals surface area contributed by atoms with Crippen molar-refractivity contribution < 1.29 is 29.0 Å². The lowest BCUT2D eigenvalue weighted by Gasteiger charge is -2.20. The number of aryl methyl sites for hydroxylation is 2. The molecule has 10 nitrogen and oxygen atoms in total. The maximum atomic E-state index is 13.2. The first-order chi connectivity index (χ1) is 39.1. The van der Waals surface area contributed by atoms with Crippen LogP contribution >= 0.6 is 31.9 Å². The minimum absolute atomic E-state index is 0.0932. The maximum Gasteiger partial charge on any atom is 0.339 e. The van der Waals surface area contributed by atoms with E-state index < -0.39 is 11.6 Å². The molecule has 82 heavy (non-hydrogen) atoms. The number of ether oxygens (including phenoxy) is 1. The van der Waals surface area contributed by atoms with Crippen molar-refractivity contribution >= 4 is 77.4 Å². The molecule has 0 saturated carbocycles. The number of amides is 2. The Hall–Kier alpha value is -8.32. The zero-order valence-corrected chi connectivity index (χ0v) is 50.7. The minimum Gasteiger partial charge on any atom is -0.478 e. The van der Waals surface area contributed by atoms with Crippen LogP contribution in [-0.4, -0.2) is 43.6 Å². The molecule has 3 N–H and O–H groups in total. The number of halogens is 2. The van der Waals surface area contributed by atoms with E-state index in [0.717, 1.165) is 92.2 Å². The van der Waals surface area contributed by atoms with Gasteiger partial charge < -0.3 is 29.6 Å². The Kier molecular flexibility index (Phi) is 17.7. The summed E-state index contributed by atoms with van der Waals surface area (Å²) in [5, 5.41) is 17.9. The van der Waals surface area contributed by atoms with E-state index in [9.17, 15) is 24.3 Å². The topological polar surface area (TPSA) is 132 Å². The summed E-state index contributed by atoms with van der Waals surface area (Å²) in [6, 6.07) is 58.5. The number of benzene rings is 8. The van der Waals surface area contributed by atoms with E-state index in [0.29, 0.717) is 40.9 Å². The van der Waals surface area contributed by atoms with Crippen LogP contribution in [0.4, 0.5) is 0 Å². The van der Waals surface area contributed by atoms with Gasteiger partial charge in [0.1, 0.15) is 5.60 Å². The summed E-state index contributed by atoms with van der Waals surface area (Å²) >= 11 is 6.92. The Labute approximate surface area is 496 Å². The first-order valence-electron chi connectivity index (χ1n) is 27.3. The standard InChI is InChI=1S/C37H37BrN2O3.C33H29BrN2O3/c1-23-25(3)40(34-20-17-29(21-33(23)34)35(41)39-24(2)27-15-18-30(38)19-16-27)22-26-11-13-28(14-12-26)31-9-7-8-10-32(31)36(42)43-37(4,5)6;1-20-22(3)36(19-23-8-10-25(11-9-23)28-6-4-5-7-29(28)33(38)39)31-17-14-26(18-30(20)31)32(37)35-21(2)24-12-15-27(34)16-13-24/h7-21,24H,22H2,1-6H3,(H,39,41);4-18,21H,19H2,1-3H3,(H,35,37)(H,38,39)/t24-;21-/m00/s1. The van der Waals surface area contributed by atoms with E-state index in [1.165, 1.54) is 0 Å². The van der Waals surface area contributed by atoms with Gasteiger partial charge in [0.15, 0.2) is 0 Å². The molecule has 10 rings (SSSR count). The third-order valence-electron chi connectivity index (χ3n) is 15.2. The van der Waals surface area contributed by atoms with Crippen molar-refractivity contribution in [1.29, 1.82) is 0 Å². The second-order valence-corrected chi connectivity index (χ2v) is 23.7. The molecule has 416 valence electrons. The quantitative estimate of drug-likeness (QED) is 0.0930. The molecular formula is C70H66Br2N4O6. The predicted molar refractivity (Wildman–Crippen MR) is 337 cm³/mol. The first kappa shape index (κ1) is 58.3. The summed E-state index contributed by atoms with van der Waals surface area (Å²) in [7, 11) is 0. The lowest BCUT2D eigenvalue weighted by molar-refractivity contribution is 0.00699. The summed E-state index contributed by atoms with van der Waals surface area (Å²) in [6.07, 6.45) is 0. The Bertz CT molecular complexity index is 4000. The fourth-order valence-corrected chi connectivity index (χ4v) is 10.9. The summed E-state index contributed by atoms with van der Waals surface area (Å²) in [6.45, 7) is 19.4. The fraction of sp³-hybridized carbons (Fsp3) is 0.200. The Balaban J connectivity index is 0.000000198. The SMILES string of the molecule is Cc1c(C)n(Cc2ccc(-c3ccccc3C(=O)O)cc2)c2ccc(C(=O)N[C@@H](C)c3ccc(Br)cc3)cc12.Cc1c(C)n(Cc2ccc(-c3ccccc3C(=O)OC(C)(C)C)cc2)c2ccc(C(=O)N[C@@H](C)c3ccc(Br)cc3)cc12. The van der Waals surface area contributed by atoms with E-state index in [-0.39, 0.29) is 29.9 Å². The lowest BCUT2D eigenvalue weighted by Crippen LogP contribution is -2.26. The lowest BCUT2D eigenvalue weighted by atomic mass is 9.98. The van der Waals surface area contributed by atoms with Crippen LogP contribution in [0.25, 0.3) is 44.1 Å². The van der Waals surface area contributed by atoms with Crippen molar-refractivity contribution in [2.75, 3.05) is 0 Å². The van der Waals surface area contributed by atoms with E-state index in [4.69, 9.17) is 4.74 Å². The maximum absolute atomic E-state index is 13.2. The van der Waals surface area contributed by atoms with Gasteiger partial charge in [0.25, 0.3) is 11.8 Å². The molecule has 0 fully saturated rings. The number of hydrogen-bond acceptors (Lipinski definition) is 5. The Morgan fingerprint density at radius 1 is 0.512 bits per heavy atom. The number of fused-ring (bicyclic) bond motifs is 2. The number of carboxylic acids is 1. The highest BCUT2D eigenvalue weighted by molar-refractivity contribution is 9.10. The van der Waals surface area contributed by atoms with E-state index in [1.807, 2.05) is 180 Å². The van der Waals surface area contributed by atoms with E-state index >= 15 is 0 Å². The molecule has 8 aromatic carbocycles. The van der Waals surface area contributed by atoms with Crippen LogP contribution in [0.3, 0.4) is 0 Å². The molecule has 0 radical (unpaired) electrons. The number of nitrogens with one attached hydrogen (secondary N) is 2. The fourth-order valence-electron chi connectivity index (χ4n) is 10.3. The number of hydrogen-bond donors (Lipinski definition) is 3. The number of carboxylic acid groups (broad SMARTS) is 1. The normalized spacial score (nSPS) is 12.1. The smallest absolute Gasteiger partial charge is 0.339 e. The van der Waals surface area contributed by atoms with E-state index in [2.05, 4.69) is 104 Å². The van der Waals surface area contributed by atoms with Crippen molar-refractivity contribution in [2.45, 2.75) is 93.1 Å². The number of nitrogens with zero attached hydrogens (tertiary/aromatic N) is 2. The van der Waals surface area contributed by atoms with Crippen LogP contribution in [-0.2, 0) is 17.8 Å². The van der Waals surface area contributed by atoms with Gasteiger partial charge in [-0.05, 0) is 191 Å². The summed E-state index contributed by atoms with van der Waals surface area (Å²) in [4.78, 5) is 50.7. The van der Waals surface area contributed by atoms with Crippen LogP contribution in [0, 0.1) is 27.7 Å². The third-order valence-corrected chi connectivity index (χ3v) is 16.2. The largest absolute Gasteiger partial charge is 0.478 e. The van der Waals surface area contributed by atoms with Crippen molar-refractivity contribution in [3.05, 3.63) is 258 Å². The molecule has 0 aliphatic rings. The van der Waals surface area contributed by atoms with Gasteiger partial charge in [-0.2, -0.15) is 0 Å². The molecule has 10 aromatic rings. The molecular weight excluding hydrogens is 1150 g/mol. The molecule has 2 amide bonds. The molecule has 12 heteroatoms. The van der Waals surface area contributed by atoms with Gasteiger partial charge >= 0.3 is 11.9 Å². The van der Waals surface area contributed by atoms with Crippen LogP contribution < -0.4 is 10.6 Å². The monoisotopic (exact) mass is 1220 g/mol. The van der Waals surface area contributed by atoms with Crippen LogP contribution in [0.15, 0.2) is 191 Å². The van der Waals surface area contributed by atoms with Gasteiger partial charge in [-0.3, -0.25) is 9.59 Å². The highest BCUT2D eigenvalue weighted by Crippen LogP contribution is 2.32. The van der Waals surface area contributed by atoms with Gasteiger partial charge in [-0.15, -0.1) is 0 Å². The van der Waals surface area contributed by atoms with Gasteiger partial charge in [0.2, 0.25) is 0 Å². The third kappa shape index (κ3) is 13.2. The van der Waals surface area contributed by atoms with Gasteiger partial charge in [0.05, 0.1) is 23.2 Å². The minimum atomic E-state index is -0.935. The second kappa shape index (κ2) is 24.8. The number of carbonyl (C=O) groups excluding carboxylic acids is 3. The number of rotatable bonds is 14. The van der Waals surface area contributed by atoms with Crippen LogP contribution in [0.2, 0.25) is 0 Å². The average molecular weight is 1220 g/mol. The zero-order valence-electron chi connectivity index (χ0n) is 47.5. The number of aromatic nitrogens is 2. The predicted octanol–water partition coefficient (Wildman–Crippen LogP) is 17.1. The molecule has 0 saturated heterocycles. The van der Waals surface area contributed by atoms with Crippen LogP contribution in [0.5, 0.6) is 0 Å². The molecule has 0 aliphatic heterocycles. The van der Waals surface area contributed by atoms with Crippen molar-refractivity contribution in [3.8, 4) is 22.3 Å². The van der Waals surface area contributed by atoms with Crippen LogP contribution in [0.1, 0.15) is 133 Å². The Morgan fingerprint density at radius 2 is 0.890 bits per heavy atom. The highest BCUT2D eigenvalue weighted by Gasteiger charge is 2.22. The van der Waals surface area contributed by atoms with Gasteiger partial charge in [0, 0.05) is 66.4 Å². The molecule has 2 aromatic heterocycles.